The maximum absolute atomic E-state index is 6.25. The van der Waals surface area contributed by atoms with Crippen LogP contribution in [-0.4, -0.2) is 9.97 Å². The number of halogens is 2. The third-order valence-electron chi connectivity index (χ3n) is 3.12. The van der Waals surface area contributed by atoms with E-state index in [9.17, 15) is 0 Å². The lowest BCUT2D eigenvalue weighted by Crippen LogP contribution is -2.14. The Bertz CT molecular complexity index is 774. The fraction of sp³-hybridized carbons (Fsp3) is 0.0667. The SMILES string of the molecule is NC(c1ccc2ncccc2c1)c1ncc(Cl)cc1Cl. The van der Waals surface area contributed by atoms with Crippen LogP contribution in [0, 0.1) is 0 Å². The molecule has 2 heterocycles. The van der Waals surface area contributed by atoms with Crippen LogP contribution in [0.4, 0.5) is 0 Å². The van der Waals surface area contributed by atoms with Crippen molar-refractivity contribution in [2.24, 2.45) is 5.73 Å². The Hall–Kier alpha value is -1.68. The summed E-state index contributed by atoms with van der Waals surface area (Å²) in [5.74, 6) is 0. The van der Waals surface area contributed by atoms with E-state index in [-0.39, 0.29) is 0 Å². The molecule has 0 radical (unpaired) electrons. The van der Waals surface area contributed by atoms with Crippen LogP contribution in [0.25, 0.3) is 10.9 Å². The van der Waals surface area contributed by atoms with Gasteiger partial charge in [0.15, 0.2) is 0 Å². The largest absolute Gasteiger partial charge is 0.319 e. The van der Waals surface area contributed by atoms with Gasteiger partial charge >= 0.3 is 0 Å². The molecule has 0 saturated carbocycles. The number of pyridine rings is 2. The highest BCUT2D eigenvalue weighted by Crippen LogP contribution is 2.28. The molecule has 0 aliphatic rings. The summed E-state index contributed by atoms with van der Waals surface area (Å²) >= 11 is 12.0. The van der Waals surface area contributed by atoms with Gasteiger partial charge in [-0.15, -0.1) is 0 Å². The van der Waals surface area contributed by atoms with Crippen LogP contribution in [0.15, 0.2) is 48.8 Å². The maximum atomic E-state index is 6.25. The molecule has 0 saturated heterocycles. The number of nitrogens with two attached hydrogens (primary N) is 1. The van der Waals surface area contributed by atoms with Gasteiger partial charge in [-0.2, -0.15) is 0 Å². The smallest absolute Gasteiger partial charge is 0.0803 e. The van der Waals surface area contributed by atoms with Crippen molar-refractivity contribution in [3.05, 3.63) is 70.1 Å². The highest BCUT2D eigenvalue weighted by molar-refractivity contribution is 6.34. The van der Waals surface area contributed by atoms with Crippen LogP contribution in [0.3, 0.4) is 0 Å². The minimum absolute atomic E-state index is 0.399. The average Bonchev–Trinajstić information content (AvgIpc) is 2.46. The van der Waals surface area contributed by atoms with Crippen LogP contribution in [0.1, 0.15) is 17.3 Å². The summed E-state index contributed by atoms with van der Waals surface area (Å²) in [5.41, 5.74) is 8.72. The van der Waals surface area contributed by atoms with E-state index < -0.39 is 6.04 Å². The highest BCUT2D eigenvalue weighted by Gasteiger charge is 2.15. The molecule has 0 aliphatic carbocycles. The van der Waals surface area contributed by atoms with Gasteiger partial charge < -0.3 is 5.73 Å². The normalized spacial score (nSPS) is 12.6. The number of nitrogens with zero attached hydrogens (tertiary/aromatic N) is 2. The molecule has 100 valence electrons. The summed E-state index contributed by atoms with van der Waals surface area (Å²) in [6.07, 6.45) is 3.31. The standard InChI is InChI=1S/C15H11Cl2N3/c16-11-7-12(17)15(20-8-11)14(18)10-3-4-13-9(6-10)2-1-5-19-13/h1-8,14H,18H2. The van der Waals surface area contributed by atoms with Crippen molar-refractivity contribution in [2.45, 2.75) is 6.04 Å². The Balaban J connectivity index is 2.05. The van der Waals surface area contributed by atoms with E-state index in [2.05, 4.69) is 9.97 Å². The second-order valence-electron chi connectivity index (χ2n) is 4.45. The fourth-order valence-corrected chi connectivity index (χ4v) is 2.60. The molecule has 20 heavy (non-hydrogen) atoms. The summed E-state index contributed by atoms with van der Waals surface area (Å²) in [7, 11) is 0. The summed E-state index contributed by atoms with van der Waals surface area (Å²) in [4.78, 5) is 8.51. The topological polar surface area (TPSA) is 51.8 Å². The summed E-state index contributed by atoms with van der Waals surface area (Å²) in [5, 5.41) is 2.00. The molecule has 0 spiro atoms. The van der Waals surface area contributed by atoms with Crippen molar-refractivity contribution in [1.29, 1.82) is 0 Å². The number of rotatable bonds is 2. The molecule has 3 aromatic rings. The Labute approximate surface area is 126 Å². The second-order valence-corrected chi connectivity index (χ2v) is 5.30. The first-order valence-corrected chi connectivity index (χ1v) is 6.82. The molecule has 3 nitrogen and oxygen atoms in total. The molecule has 0 amide bonds. The number of aromatic nitrogens is 2. The van der Waals surface area contributed by atoms with Crippen molar-refractivity contribution in [3.8, 4) is 0 Å². The summed E-state index contributed by atoms with van der Waals surface area (Å²) in [6.45, 7) is 0. The summed E-state index contributed by atoms with van der Waals surface area (Å²) in [6, 6.07) is 11.0. The molecule has 3 rings (SSSR count). The Morgan fingerprint density at radius 2 is 1.90 bits per heavy atom. The molecular formula is C15H11Cl2N3. The predicted octanol–water partition coefficient (Wildman–Crippen LogP) is 3.98. The van der Waals surface area contributed by atoms with Gasteiger partial charge in [0, 0.05) is 17.8 Å². The zero-order valence-electron chi connectivity index (χ0n) is 10.4. The first kappa shape index (κ1) is 13.3. The molecule has 2 aromatic heterocycles. The fourth-order valence-electron chi connectivity index (χ4n) is 2.10. The Morgan fingerprint density at radius 1 is 1.05 bits per heavy atom. The van der Waals surface area contributed by atoms with Gasteiger partial charge in [0.05, 0.1) is 27.3 Å². The molecule has 5 heteroatoms. The lowest BCUT2D eigenvalue weighted by Gasteiger charge is -2.14. The Kier molecular flexibility index (Phi) is 3.57. The van der Waals surface area contributed by atoms with Crippen LogP contribution in [0.2, 0.25) is 10.0 Å². The first-order valence-electron chi connectivity index (χ1n) is 6.06. The second kappa shape index (κ2) is 5.37. The van der Waals surface area contributed by atoms with Gasteiger partial charge in [-0.1, -0.05) is 35.3 Å². The number of benzene rings is 1. The van der Waals surface area contributed by atoms with Crippen LogP contribution in [-0.2, 0) is 0 Å². The van der Waals surface area contributed by atoms with Gasteiger partial charge in [-0.25, -0.2) is 0 Å². The monoisotopic (exact) mass is 303 g/mol. The molecule has 0 fully saturated rings. The zero-order chi connectivity index (χ0) is 14.1. The first-order chi connectivity index (χ1) is 9.65. The zero-order valence-corrected chi connectivity index (χ0v) is 11.9. The van der Waals surface area contributed by atoms with E-state index in [1.807, 2.05) is 30.3 Å². The van der Waals surface area contributed by atoms with Gasteiger partial charge in [0.2, 0.25) is 0 Å². The van der Waals surface area contributed by atoms with E-state index in [1.165, 1.54) is 0 Å². The lowest BCUT2D eigenvalue weighted by molar-refractivity contribution is 0.830. The van der Waals surface area contributed by atoms with Crippen molar-refractivity contribution in [2.75, 3.05) is 0 Å². The van der Waals surface area contributed by atoms with Crippen LogP contribution in [0.5, 0.6) is 0 Å². The van der Waals surface area contributed by atoms with Crippen molar-refractivity contribution in [3.63, 3.8) is 0 Å². The molecule has 2 N–H and O–H groups in total. The molecular weight excluding hydrogens is 293 g/mol. The number of fused-ring (bicyclic) bond motifs is 1. The van der Waals surface area contributed by atoms with E-state index in [4.69, 9.17) is 28.9 Å². The maximum Gasteiger partial charge on any atom is 0.0803 e. The highest BCUT2D eigenvalue weighted by atomic mass is 35.5. The van der Waals surface area contributed by atoms with Gasteiger partial charge in [-0.3, -0.25) is 9.97 Å². The predicted molar refractivity (Wildman–Crippen MR) is 82.0 cm³/mol. The van der Waals surface area contributed by atoms with E-state index in [0.29, 0.717) is 15.7 Å². The van der Waals surface area contributed by atoms with E-state index in [1.54, 1.807) is 18.5 Å². The number of hydrogen-bond acceptors (Lipinski definition) is 3. The average molecular weight is 304 g/mol. The van der Waals surface area contributed by atoms with Crippen molar-refractivity contribution >= 4 is 34.1 Å². The Morgan fingerprint density at radius 3 is 2.70 bits per heavy atom. The molecule has 1 aromatic carbocycles. The molecule has 1 unspecified atom stereocenters. The molecule has 0 aliphatic heterocycles. The van der Waals surface area contributed by atoms with Gasteiger partial charge in [0.1, 0.15) is 0 Å². The summed E-state index contributed by atoms with van der Waals surface area (Å²) < 4.78 is 0. The third-order valence-corrected chi connectivity index (χ3v) is 3.63. The van der Waals surface area contributed by atoms with Crippen LogP contribution < -0.4 is 5.73 Å². The minimum Gasteiger partial charge on any atom is -0.319 e. The minimum atomic E-state index is -0.399. The van der Waals surface area contributed by atoms with Gasteiger partial charge in [0.25, 0.3) is 0 Å². The van der Waals surface area contributed by atoms with Crippen molar-refractivity contribution in [1.82, 2.24) is 9.97 Å². The van der Waals surface area contributed by atoms with E-state index in [0.717, 1.165) is 16.5 Å². The van der Waals surface area contributed by atoms with Crippen molar-refractivity contribution < 1.29 is 0 Å². The van der Waals surface area contributed by atoms with Crippen LogP contribution >= 0.6 is 23.2 Å². The number of hydrogen-bond donors (Lipinski definition) is 1. The van der Waals surface area contributed by atoms with Gasteiger partial charge in [-0.05, 0) is 29.8 Å². The molecule has 0 bridgehead atoms. The lowest BCUT2D eigenvalue weighted by atomic mass is 10.0. The third kappa shape index (κ3) is 2.48. The molecule has 1 atom stereocenters. The quantitative estimate of drug-likeness (QED) is 0.779. The van der Waals surface area contributed by atoms with E-state index >= 15 is 0 Å².